The summed E-state index contributed by atoms with van der Waals surface area (Å²) >= 11 is 0.884. The first-order valence-corrected chi connectivity index (χ1v) is 13.4. The number of rotatable bonds is 6. The lowest BCUT2D eigenvalue weighted by Crippen LogP contribution is -2.37. The molecule has 4 rings (SSSR count). The molecule has 2 aliphatic rings. The number of imide groups is 1. The van der Waals surface area contributed by atoms with E-state index in [2.05, 4.69) is 5.32 Å². The molecule has 0 bridgehead atoms. The fraction of sp³-hybridized carbons (Fsp3) is 0.292. The monoisotopic (exact) mass is 499 g/mol. The summed E-state index contributed by atoms with van der Waals surface area (Å²) in [6.45, 7) is 3.97. The smallest absolute Gasteiger partial charge is 0.293 e. The third kappa shape index (κ3) is 4.88. The van der Waals surface area contributed by atoms with E-state index in [0.29, 0.717) is 22.6 Å². The SMILES string of the molecule is Cc1ccc(/C=C2\SC(=O)N(CCNC(=O)c3ccc4c(c3)CC(C)N4S(C)(=O)=O)C2=O)cc1. The molecule has 34 heavy (non-hydrogen) atoms. The lowest BCUT2D eigenvalue weighted by Gasteiger charge is -2.21. The maximum absolute atomic E-state index is 12.7. The second-order valence-corrected chi connectivity index (χ2v) is 11.3. The summed E-state index contributed by atoms with van der Waals surface area (Å²) in [5.41, 5.74) is 3.72. The van der Waals surface area contributed by atoms with E-state index in [1.165, 1.54) is 10.6 Å². The van der Waals surface area contributed by atoms with Crippen LogP contribution in [0.15, 0.2) is 47.4 Å². The number of carbonyl (C=O) groups is 3. The minimum absolute atomic E-state index is 0.0610. The molecule has 1 fully saturated rings. The Kier molecular flexibility index (Phi) is 6.55. The van der Waals surface area contributed by atoms with E-state index in [4.69, 9.17) is 0 Å². The van der Waals surface area contributed by atoms with Crippen molar-refractivity contribution in [2.24, 2.45) is 0 Å². The summed E-state index contributed by atoms with van der Waals surface area (Å²) < 4.78 is 25.5. The molecule has 0 aromatic heterocycles. The number of nitrogens with one attached hydrogen (secondary N) is 1. The van der Waals surface area contributed by atoms with Gasteiger partial charge in [0.05, 0.1) is 16.8 Å². The fourth-order valence-electron chi connectivity index (χ4n) is 4.14. The molecule has 2 aliphatic heterocycles. The summed E-state index contributed by atoms with van der Waals surface area (Å²) in [5.74, 6) is -0.729. The van der Waals surface area contributed by atoms with Gasteiger partial charge in [-0.1, -0.05) is 29.8 Å². The van der Waals surface area contributed by atoms with Crippen molar-refractivity contribution < 1.29 is 22.8 Å². The van der Waals surface area contributed by atoms with Gasteiger partial charge in [-0.15, -0.1) is 0 Å². The molecule has 3 amide bonds. The van der Waals surface area contributed by atoms with Gasteiger partial charge in [-0.05, 0) is 67.4 Å². The number of aryl methyl sites for hydroxylation is 1. The average molecular weight is 500 g/mol. The number of thioether (sulfide) groups is 1. The van der Waals surface area contributed by atoms with Gasteiger partial charge in [0.15, 0.2) is 0 Å². The van der Waals surface area contributed by atoms with Crippen LogP contribution in [-0.4, -0.2) is 55.8 Å². The molecule has 2 aromatic rings. The van der Waals surface area contributed by atoms with E-state index >= 15 is 0 Å². The lowest BCUT2D eigenvalue weighted by molar-refractivity contribution is -0.122. The topological polar surface area (TPSA) is 104 Å². The van der Waals surface area contributed by atoms with Gasteiger partial charge < -0.3 is 5.32 Å². The van der Waals surface area contributed by atoms with Crippen LogP contribution in [0, 0.1) is 6.92 Å². The van der Waals surface area contributed by atoms with Gasteiger partial charge in [-0.25, -0.2) is 8.42 Å². The summed E-state index contributed by atoms with van der Waals surface area (Å²) in [5, 5.41) is 2.37. The molecule has 2 aromatic carbocycles. The quantitative estimate of drug-likeness (QED) is 0.613. The number of nitrogens with zero attached hydrogens (tertiary/aromatic N) is 2. The summed E-state index contributed by atoms with van der Waals surface area (Å²) in [6.07, 6.45) is 3.38. The van der Waals surface area contributed by atoms with Gasteiger partial charge in [-0.3, -0.25) is 23.6 Å². The zero-order chi connectivity index (χ0) is 24.6. The van der Waals surface area contributed by atoms with E-state index < -0.39 is 10.0 Å². The highest BCUT2D eigenvalue weighted by Gasteiger charge is 2.35. The minimum Gasteiger partial charge on any atom is -0.350 e. The van der Waals surface area contributed by atoms with Crippen molar-refractivity contribution in [3.05, 3.63) is 69.6 Å². The minimum atomic E-state index is -3.40. The highest BCUT2D eigenvalue weighted by molar-refractivity contribution is 8.18. The molecule has 0 aliphatic carbocycles. The summed E-state index contributed by atoms with van der Waals surface area (Å²) in [6, 6.07) is 12.3. The first-order chi connectivity index (χ1) is 16.0. The van der Waals surface area contributed by atoms with E-state index in [-0.39, 0.29) is 36.2 Å². The van der Waals surface area contributed by atoms with Crippen LogP contribution in [0.4, 0.5) is 10.5 Å². The second kappa shape index (κ2) is 9.27. The van der Waals surface area contributed by atoms with Crippen LogP contribution in [0.5, 0.6) is 0 Å². The van der Waals surface area contributed by atoms with Crippen LogP contribution in [0.1, 0.15) is 34.0 Å². The first kappa shape index (κ1) is 24.0. The Morgan fingerprint density at radius 3 is 2.56 bits per heavy atom. The van der Waals surface area contributed by atoms with Crippen LogP contribution in [0.2, 0.25) is 0 Å². The molecule has 178 valence electrons. The van der Waals surface area contributed by atoms with Gasteiger partial charge in [0.1, 0.15) is 0 Å². The Morgan fingerprint density at radius 2 is 1.88 bits per heavy atom. The summed E-state index contributed by atoms with van der Waals surface area (Å²) in [4.78, 5) is 39.1. The van der Waals surface area contributed by atoms with Crippen LogP contribution in [-0.2, 0) is 21.2 Å². The Balaban J connectivity index is 1.37. The molecule has 0 spiro atoms. The Hall–Kier alpha value is -3.11. The zero-order valence-corrected chi connectivity index (χ0v) is 20.7. The normalized spacial score (nSPS) is 19.1. The molecule has 10 heteroatoms. The van der Waals surface area contributed by atoms with Gasteiger partial charge in [0, 0.05) is 24.7 Å². The maximum atomic E-state index is 12.7. The van der Waals surface area contributed by atoms with Gasteiger partial charge in [0.2, 0.25) is 10.0 Å². The Bertz CT molecular complexity index is 1300. The van der Waals surface area contributed by atoms with Crippen molar-refractivity contribution in [1.82, 2.24) is 10.2 Å². The molecule has 8 nitrogen and oxygen atoms in total. The highest BCUT2D eigenvalue weighted by Crippen LogP contribution is 2.35. The number of benzene rings is 2. The van der Waals surface area contributed by atoms with Crippen molar-refractivity contribution in [3.8, 4) is 0 Å². The van der Waals surface area contributed by atoms with Crippen LogP contribution >= 0.6 is 11.8 Å². The Morgan fingerprint density at radius 1 is 1.18 bits per heavy atom. The third-order valence-electron chi connectivity index (χ3n) is 5.72. The molecular formula is C24H25N3O5S2. The maximum Gasteiger partial charge on any atom is 0.293 e. The number of sulfonamides is 1. The molecule has 2 heterocycles. The van der Waals surface area contributed by atoms with Crippen LogP contribution < -0.4 is 9.62 Å². The fourth-order valence-corrected chi connectivity index (χ4v) is 6.27. The highest BCUT2D eigenvalue weighted by atomic mass is 32.2. The standard InChI is InChI=1S/C24H25N3O5S2/c1-15-4-6-17(7-5-15)13-21-23(29)26(24(30)33-21)11-10-25-22(28)18-8-9-20-19(14-18)12-16(2)27(20)34(3,31)32/h4-9,13-14,16H,10-12H2,1-3H3,(H,25,28)/b21-13-. The lowest BCUT2D eigenvalue weighted by atomic mass is 10.1. The van der Waals surface area contributed by atoms with E-state index in [9.17, 15) is 22.8 Å². The largest absolute Gasteiger partial charge is 0.350 e. The average Bonchev–Trinajstić information content (AvgIpc) is 3.24. The van der Waals surface area contributed by atoms with Crippen molar-refractivity contribution >= 4 is 50.6 Å². The number of hydrogen-bond acceptors (Lipinski definition) is 6. The predicted octanol–water partition coefficient (Wildman–Crippen LogP) is 3.17. The van der Waals surface area contributed by atoms with Gasteiger partial charge in [-0.2, -0.15) is 0 Å². The molecule has 1 unspecified atom stereocenters. The van der Waals surface area contributed by atoms with Crippen molar-refractivity contribution in [2.75, 3.05) is 23.7 Å². The van der Waals surface area contributed by atoms with Gasteiger partial charge in [0.25, 0.3) is 17.1 Å². The number of carbonyl (C=O) groups excluding carboxylic acids is 3. The number of amides is 3. The van der Waals surface area contributed by atoms with E-state index in [1.54, 1.807) is 24.3 Å². The Labute approximate surface area is 203 Å². The second-order valence-electron chi connectivity index (χ2n) is 8.46. The first-order valence-electron chi connectivity index (χ1n) is 10.8. The van der Waals surface area contributed by atoms with Crippen LogP contribution in [0.3, 0.4) is 0 Å². The third-order valence-corrected chi connectivity index (χ3v) is 7.90. The van der Waals surface area contributed by atoms with E-state index in [1.807, 2.05) is 38.1 Å². The zero-order valence-electron chi connectivity index (χ0n) is 19.1. The van der Waals surface area contributed by atoms with Crippen LogP contribution in [0.25, 0.3) is 6.08 Å². The van der Waals surface area contributed by atoms with Crippen molar-refractivity contribution in [1.29, 1.82) is 0 Å². The summed E-state index contributed by atoms with van der Waals surface area (Å²) in [7, 11) is -3.40. The number of hydrogen-bond donors (Lipinski definition) is 1. The van der Waals surface area contributed by atoms with Crippen molar-refractivity contribution in [3.63, 3.8) is 0 Å². The molecule has 1 atom stereocenters. The van der Waals surface area contributed by atoms with Crippen molar-refractivity contribution in [2.45, 2.75) is 26.3 Å². The number of fused-ring (bicyclic) bond motifs is 1. The molecular weight excluding hydrogens is 474 g/mol. The molecule has 0 saturated carbocycles. The molecule has 1 N–H and O–H groups in total. The van der Waals surface area contributed by atoms with E-state index in [0.717, 1.165) is 33.4 Å². The van der Waals surface area contributed by atoms with Gasteiger partial charge >= 0.3 is 0 Å². The molecule has 1 saturated heterocycles. The predicted molar refractivity (Wildman–Crippen MR) is 133 cm³/mol. The number of anilines is 1. The molecule has 0 radical (unpaired) electrons.